The standard InChI is InChI=1S/C13H13Cl2N3/c14-9-4-3-8(6-10(9)15)12-11(5-7-1-2-7)17-18-13(12)16/h3-4,6-7H,1-2,5H2,(H3,16,17,18). The second-order valence-corrected chi connectivity index (χ2v) is 5.55. The van der Waals surface area contributed by atoms with Crippen molar-refractivity contribution in [2.24, 2.45) is 5.92 Å². The fourth-order valence-electron chi connectivity index (χ4n) is 2.13. The van der Waals surface area contributed by atoms with Gasteiger partial charge in [0.15, 0.2) is 5.82 Å². The van der Waals surface area contributed by atoms with E-state index in [4.69, 9.17) is 28.9 Å². The number of nitrogen functional groups attached to an aromatic ring is 1. The Balaban J connectivity index is 2.03. The van der Waals surface area contributed by atoms with Crippen LogP contribution in [0.1, 0.15) is 18.5 Å². The number of halogens is 2. The Morgan fingerprint density at radius 2 is 2.06 bits per heavy atom. The molecule has 0 bridgehead atoms. The van der Waals surface area contributed by atoms with Gasteiger partial charge >= 0.3 is 0 Å². The third-order valence-corrected chi connectivity index (χ3v) is 4.01. The number of rotatable bonds is 3. The lowest BCUT2D eigenvalue weighted by atomic mass is 10.0. The first-order valence-electron chi connectivity index (χ1n) is 5.93. The van der Waals surface area contributed by atoms with Crippen LogP contribution in [0.5, 0.6) is 0 Å². The van der Waals surface area contributed by atoms with Gasteiger partial charge in [-0.1, -0.05) is 29.3 Å². The molecular formula is C13H13Cl2N3. The number of nitrogens with zero attached hydrogens (tertiary/aromatic N) is 1. The fourth-order valence-corrected chi connectivity index (χ4v) is 2.42. The molecule has 18 heavy (non-hydrogen) atoms. The summed E-state index contributed by atoms with van der Waals surface area (Å²) in [5.74, 6) is 1.29. The van der Waals surface area contributed by atoms with E-state index in [0.717, 1.165) is 29.2 Å². The maximum absolute atomic E-state index is 6.05. The first kappa shape index (κ1) is 11.9. The molecule has 0 spiro atoms. The van der Waals surface area contributed by atoms with Crippen LogP contribution in [-0.2, 0) is 6.42 Å². The normalized spacial score (nSPS) is 15.0. The monoisotopic (exact) mass is 281 g/mol. The topological polar surface area (TPSA) is 54.7 Å². The van der Waals surface area contributed by atoms with Gasteiger partial charge in [0.25, 0.3) is 0 Å². The molecule has 3 nitrogen and oxygen atoms in total. The van der Waals surface area contributed by atoms with E-state index in [1.165, 1.54) is 12.8 Å². The SMILES string of the molecule is Nc1n[nH]c(CC2CC2)c1-c1ccc(Cl)c(Cl)c1. The highest BCUT2D eigenvalue weighted by Gasteiger charge is 2.25. The number of hydrogen-bond acceptors (Lipinski definition) is 2. The molecule has 0 aliphatic heterocycles. The Labute approximate surface area is 115 Å². The Kier molecular flexibility index (Phi) is 2.96. The van der Waals surface area contributed by atoms with Crippen molar-refractivity contribution in [3.05, 3.63) is 33.9 Å². The Morgan fingerprint density at radius 1 is 1.28 bits per heavy atom. The van der Waals surface area contributed by atoms with E-state index in [2.05, 4.69) is 10.2 Å². The van der Waals surface area contributed by atoms with E-state index in [1.54, 1.807) is 6.07 Å². The summed E-state index contributed by atoms with van der Waals surface area (Å²) in [7, 11) is 0. The lowest BCUT2D eigenvalue weighted by Crippen LogP contribution is -1.93. The van der Waals surface area contributed by atoms with Crippen molar-refractivity contribution in [3.63, 3.8) is 0 Å². The highest BCUT2D eigenvalue weighted by Crippen LogP contribution is 2.38. The zero-order chi connectivity index (χ0) is 12.7. The number of benzene rings is 1. The van der Waals surface area contributed by atoms with Crippen molar-refractivity contribution in [3.8, 4) is 11.1 Å². The molecule has 0 radical (unpaired) electrons. The van der Waals surface area contributed by atoms with Crippen LogP contribution >= 0.6 is 23.2 Å². The summed E-state index contributed by atoms with van der Waals surface area (Å²) in [6, 6.07) is 5.54. The second-order valence-electron chi connectivity index (χ2n) is 4.74. The number of nitrogens with one attached hydrogen (secondary N) is 1. The molecule has 1 heterocycles. The highest BCUT2D eigenvalue weighted by atomic mass is 35.5. The molecule has 0 unspecified atom stereocenters. The molecule has 1 saturated carbocycles. The molecule has 1 aromatic carbocycles. The van der Waals surface area contributed by atoms with Gasteiger partial charge < -0.3 is 5.73 Å². The van der Waals surface area contributed by atoms with Crippen LogP contribution in [0, 0.1) is 5.92 Å². The summed E-state index contributed by atoms with van der Waals surface area (Å²) in [5.41, 5.74) is 8.95. The molecule has 3 rings (SSSR count). The number of aromatic nitrogens is 2. The average Bonchev–Trinajstić information content (AvgIpc) is 3.07. The molecule has 2 aromatic rings. The minimum absolute atomic E-state index is 0.518. The largest absolute Gasteiger partial charge is 0.382 e. The number of H-pyrrole nitrogens is 1. The minimum Gasteiger partial charge on any atom is -0.382 e. The van der Waals surface area contributed by atoms with Crippen molar-refractivity contribution in [1.29, 1.82) is 0 Å². The quantitative estimate of drug-likeness (QED) is 0.896. The van der Waals surface area contributed by atoms with Gasteiger partial charge in [0, 0.05) is 11.3 Å². The summed E-state index contributed by atoms with van der Waals surface area (Å²) in [4.78, 5) is 0. The fraction of sp³-hybridized carbons (Fsp3) is 0.308. The molecular weight excluding hydrogens is 269 g/mol. The smallest absolute Gasteiger partial charge is 0.153 e. The minimum atomic E-state index is 0.518. The van der Waals surface area contributed by atoms with Crippen LogP contribution < -0.4 is 5.73 Å². The van der Waals surface area contributed by atoms with Gasteiger partial charge in [-0.3, -0.25) is 5.10 Å². The third kappa shape index (κ3) is 2.20. The van der Waals surface area contributed by atoms with E-state index in [9.17, 15) is 0 Å². The highest BCUT2D eigenvalue weighted by molar-refractivity contribution is 6.42. The van der Waals surface area contributed by atoms with Crippen molar-refractivity contribution in [2.45, 2.75) is 19.3 Å². The first-order chi connectivity index (χ1) is 8.65. The molecule has 94 valence electrons. The van der Waals surface area contributed by atoms with Gasteiger partial charge in [0.2, 0.25) is 0 Å². The molecule has 1 fully saturated rings. The van der Waals surface area contributed by atoms with Gasteiger partial charge in [-0.2, -0.15) is 5.10 Å². The number of aromatic amines is 1. The van der Waals surface area contributed by atoms with Crippen LogP contribution in [0.15, 0.2) is 18.2 Å². The lowest BCUT2D eigenvalue weighted by Gasteiger charge is -2.05. The zero-order valence-electron chi connectivity index (χ0n) is 9.71. The predicted octanol–water partition coefficient (Wildman–Crippen LogP) is 3.92. The van der Waals surface area contributed by atoms with Crippen LogP contribution in [0.25, 0.3) is 11.1 Å². The van der Waals surface area contributed by atoms with Crippen molar-refractivity contribution >= 4 is 29.0 Å². The molecule has 5 heteroatoms. The van der Waals surface area contributed by atoms with E-state index < -0.39 is 0 Å². The van der Waals surface area contributed by atoms with Crippen molar-refractivity contribution in [1.82, 2.24) is 10.2 Å². The van der Waals surface area contributed by atoms with Gasteiger partial charge in [-0.15, -0.1) is 0 Å². The molecule has 1 aliphatic carbocycles. The van der Waals surface area contributed by atoms with E-state index in [0.29, 0.717) is 15.9 Å². The molecule has 3 N–H and O–H groups in total. The van der Waals surface area contributed by atoms with Crippen LogP contribution in [0.2, 0.25) is 10.0 Å². The first-order valence-corrected chi connectivity index (χ1v) is 6.69. The molecule has 0 atom stereocenters. The molecule has 1 aliphatic rings. The number of anilines is 1. The Hall–Kier alpha value is -1.19. The van der Waals surface area contributed by atoms with Gasteiger partial charge in [0.05, 0.1) is 10.0 Å². The van der Waals surface area contributed by atoms with E-state index in [1.807, 2.05) is 12.1 Å². The maximum Gasteiger partial charge on any atom is 0.153 e. The van der Waals surface area contributed by atoms with Crippen LogP contribution in [0.4, 0.5) is 5.82 Å². The van der Waals surface area contributed by atoms with Gasteiger partial charge in [-0.25, -0.2) is 0 Å². The predicted molar refractivity (Wildman–Crippen MR) is 74.9 cm³/mol. The van der Waals surface area contributed by atoms with E-state index in [-0.39, 0.29) is 0 Å². The van der Waals surface area contributed by atoms with E-state index >= 15 is 0 Å². The van der Waals surface area contributed by atoms with Gasteiger partial charge in [-0.05, 0) is 42.9 Å². The van der Waals surface area contributed by atoms with Crippen molar-refractivity contribution in [2.75, 3.05) is 5.73 Å². The number of nitrogens with two attached hydrogens (primary N) is 1. The summed E-state index contributed by atoms with van der Waals surface area (Å²) in [6.07, 6.45) is 3.58. The van der Waals surface area contributed by atoms with Gasteiger partial charge in [0.1, 0.15) is 0 Å². The Bertz CT molecular complexity index is 588. The third-order valence-electron chi connectivity index (χ3n) is 3.27. The maximum atomic E-state index is 6.05. The summed E-state index contributed by atoms with van der Waals surface area (Å²) in [5, 5.41) is 8.21. The van der Waals surface area contributed by atoms with Crippen LogP contribution in [0.3, 0.4) is 0 Å². The average molecular weight is 282 g/mol. The van der Waals surface area contributed by atoms with Crippen LogP contribution in [-0.4, -0.2) is 10.2 Å². The molecule has 0 saturated heterocycles. The summed E-state index contributed by atoms with van der Waals surface area (Å²) in [6.45, 7) is 0. The Morgan fingerprint density at radius 3 is 2.72 bits per heavy atom. The summed E-state index contributed by atoms with van der Waals surface area (Å²) >= 11 is 12.0. The summed E-state index contributed by atoms with van der Waals surface area (Å²) < 4.78 is 0. The lowest BCUT2D eigenvalue weighted by molar-refractivity contribution is 0.798. The number of hydrogen-bond donors (Lipinski definition) is 2. The van der Waals surface area contributed by atoms with Crippen molar-refractivity contribution < 1.29 is 0 Å². The zero-order valence-corrected chi connectivity index (χ0v) is 11.2. The molecule has 1 aromatic heterocycles. The molecule has 0 amide bonds. The second kappa shape index (κ2) is 4.48.